The van der Waals surface area contributed by atoms with Crippen LogP contribution in [0.2, 0.25) is 0 Å². The molecule has 170 valence electrons. The Labute approximate surface area is 200 Å². The van der Waals surface area contributed by atoms with Crippen molar-refractivity contribution in [3.63, 3.8) is 0 Å². The number of hydrogen-bond acceptors (Lipinski definition) is 8. The number of hydrogen-bond donors (Lipinski definition) is 3. The molecule has 0 saturated heterocycles. The van der Waals surface area contributed by atoms with Crippen LogP contribution in [-0.4, -0.2) is 33.9 Å². The predicted molar refractivity (Wildman–Crippen MR) is 130 cm³/mol. The number of aromatic nitrogens is 3. The first kappa shape index (κ1) is 22.7. The summed E-state index contributed by atoms with van der Waals surface area (Å²) in [6.45, 7) is 0. The molecule has 0 saturated carbocycles. The van der Waals surface area contributed by atoms with Crippen molar-refractivity contribution < 1.29 is 14.3 Å². The summed E-state index contributed by atoms with van der Waals surface area (Å²) in [6.07, 6.45) is 3.30. The van der Waals surface area contributed by atoms with Gasteiger partial charge in [-0.05, 0) is 66.5 Å². The summed E-state index contributed by atoms with van der Waals surface area (Å²) in [5.41, 5.74) is 1.80. The molecule has 2 heterocycles. The quantitative estimate of drug-likeness (QED) is 0.336. The molecule has 0 fully saturated rings. The maximum atomic E-state index is 12.0. The maximum absolute atomic E-state index is 12.0. The fourth-order valence-electron chi connectivity index (χ4n) is 2.88. The normalized spacial score (nSPS) is 10.3. The van der Waals surface area contributed by atoms with Crippen LogP contribution in [0.5, 0.6) is 11.6 Å². The van der Waals surface area contributed by atoms with Gasteiger partial charge in [-0.2, -0.15) is 0 Å². The van der Waals surface area contributed by atoms with Crippen molar-refractivity contribution in [3.8, 4) is 22.9 Å². The maximum Gasteiger partial charge on any atom is 0.331 e. The molecule has 4 rings (SSSR count). The number of rotatable bonds is 7. The van der Waals surface area contributed by atoms with E-state index in [0.717, 1.165) is 22.4 Å². The molecular formula is C24H20N6O3S. The van der Waals surface area contributed by atoms with Gasteiger partial charge in [0.1, 0.15) is 5.75 Å². The van der Waals surface area contributed by atoms with Crippen LogP contribution in [0.4, 0.5) is 10.7 Å². The van der Waals surface area contributed by atoms with E-state index in [-0.39, 0.29) is 0 Å². The second kappa shape index (κ2) is 10.9. The van der Waals surface area contributed by atoms with Crippen molar-refractivity contribution >= 4 is 29.8 Å². The van der Waals surface area contributed by atoms with E-state index in [1.54, 1.807) is 80.1 Å². The summed E-state index contributed by atoms with van der Waals surface area (Å²) in [5, 5.41) is 5.19. The first-order valence-corrected chi connectivity index (χ1v) is 11.0. The van der Waals surface area contributed by atoms with Gasteiger partial charge in [0.05, 0.1) is 11.3 Å². The molecule has 9 nitrogen and oxygen atoms in total. The third kappa shape index (κ3) is 5.87. The van der Waals surface area contributed by atoms with Crippen molar-refractivity contribution in [2.24, 2.45) is 0 Å². The molecule has 34 heavy (non-hydrogen) atoms. The van der Waals surface area contributed by atoms with Gasteiger partial charge in [0.25, 0.3) is 5.91 Å². The van der Waals surface area contributed by atoms with Crippen LogP contribution in [0.25, 0.3) is 11.3 Å². The molecule has 3 amide bonds. The summed E-state index contributed by atoms with van der Waals surface area (Å²) >= 11 is 1.08. The average molecular weight is 473 g/mol. The fourth-order valence-corrected chi connectivity index (χ4v) is 3.41. The molecule has 0 aliphatic rings. The molecule has 3 N–H and O–H groups in total. The Hall–Kier alpha value is -4.44. The third-order valence-corrected chi connectivity index (χ3v) is 5.28. The minimum absolute atomic E-state index is 0.403. The molecule has 0 unspecified atom stereocenters. The zero-order valence-electron chi connectivity index (χ0n) is 18.1. The Morgan fingerprint density at radius 1 is 0.882 bits per heavy atom. The summed E-state index contributed by atoms with van der Waals surface area (Å²) in [4.78, 5) is 37.7. The van der Waals surface area contributed by atoms with Gasteiger partial charge in [-0.25, -0.2) is 19.7 Å². The van der Waals surface area contributed by atoms with Gasteiger partial charge in [-0.15, -0.1) is 0 Å². The molecule has 0 aliphatic carbocycles. The molecular weight excluding hydrogens is 452 g/mol. The van der Waals surface area contributed by atoms with Gasteiger partial charge < -0.3 is 10.1 Å². The highest BCUT2D eigenvalue weighted by Crippen LogP contribution is 2.31. The predicted octanol–water partition coefficient (Wildman–Crippen LogP) is 4.52. The van der Waals surface area contributed by atoms with E-state index in [4.69, 9.17) is 4.74 Å². The lowest BCUT2D eigenvalue weighted by Gasteiger charge is -2.11. The van der Waals surface area contributed by atoms with E-state index in [1.807, 2.05) is 12.1 Å². The Morgan fingerprint density at radius 3 is 2.44 bits per heavy atom. The Morgan fingerprint density at radius 2 is 1.68 bits per heavy atom. The van der Waals surface area contributed by atoms with Crippen LogP contribution < -0.4 is 20.1 Å². The Bertz CT molecular complexity index is 1290. The number of urea groups is 1. The summed E-state index contributed by atoms with van der Waals surface area (Å²) in [7, 11) is 1.75. The van der Waals surface area contributed by atoms with Crippen molar-refractivity contribution in [1.29, 1.82) is 0 Å². The standard InChI is InChI=1S/C24H20N6O3S/c1-25-23-27-15-13-20(28-23)19-8-5-14-26-22(19)33-17-9-11-18(12-10-17)34-30-24(32)29-21(31)16-6-3-2-4-7-16/h2-15H,1H3,(H,25,27,28)(H2,29,30,31,32). The molecule has 0 spiro atoms. The SMILES string of the molecule is CNc1nccc(-c2cccnc2Oc2ccc(SNC(=O)NC(=O)c3ccccc3)cc2)n1. The largest absolute Gasteiger partial charge is 0.438 e. The number of nitrogens with one attached hydrogen (secondary N) is 3. The number of amides is 3. The molecule has 10 heteroatoms. The van der Waals surface area contributed by atoms with Gasteiger partial charge in [0.15, 0.2) is 0 Å². The Balaban J connectivity index is 1.36. The lowest BCUT2D eigenvalue weighted by atomic mass is 10.2. The first-order chi connectivity index (χ1) is 16.6. The van der Waals surface area contributed by atoms with Crippen LogP contribution in [0.3, 0.4) is 0 Å². The van der Waals surface area contributed by atoms with Crippen molar-refractivity contribution in [2.75, 3.05) is 12.4 Å². The minimum atomic E-state index is -0.608. The number of imide groups is 1. The highest BCUT2D eigenvalue weighted by Gasteiger charge is 2.12. The molecule has 2 aromatic carbocycles. The number of nitrogens with zero attached hydrogens (tertiary/aromatic N) is 3. The highest BCUT2D eigenvalue weighted by atomic mass is 32.2. The minimum Gasteiger partial charge on any atom is -0.438 e. The van der Waals surface area contributed by atoms with Gasteiger partial charge in [0, 0.05) is 29.9 Å². The van der Waals surface area contributed by atoms with Crippen molar-refractivity contribution in [2.45, 2.75) is 4.90 Å². The average Bonchev–Trinajstić information content (AvgIpc) is 2.89. The van der Waals surface area contributed by atoms with E-state index in [1.165, 1.54) is 0 Å². The highest BCUT2D eigenvalue weighted by molar-refractivity contribution is 7.98. The number of carbonyl (C=O) groups excluding carboxylic acids is 2. The monoisotopic (exact) mass is 472 g/mol. The molecule has 0 atom stereocenters. The number of anilines is 1. The summed E-state index contributed by atoms with van der Waals surface area (Å²) in [5.74, 6) is 0.992. The summed E-state index contributed by atoms with van der Waals surface area (Å²) in [6, 6.07) is 20.4. The smallest absolute Gasteiger partial charge is 0.331 e. The Kier molecular flexibility index (Phi) is 7.31. The topological polar surface area (TPSA) is 118 Å². The van der Waals surface area contributed by atoms with Crippen molar-refractivity contribution in [1.82, 2.24) is 25.0 Å². The van der Waals surface area contributed by atoms with Crippen LogP contribution in [0.15, 0.2) is 90.1 Å². The van der Waals surface area contributed by atoms with E-state index in [2.05, 4.69) is 30.3 Å². The number of carbonyl (C=O) groups is 2. The van der Waals surface area contributed by atoms with E-state index >= 15 is 0 Å². The van der Waals surface area contributed by atoms with Gasteiger partial charge in [0.2, 0.25) is 11.8 Å². The molecule has 4 aromatic rings. The zero-order chi connectivity index (χ0) is 23.8. The third-order valence-electron chi connectivity index (χ3n) is 4.49. The number of benzene rings is 2. The van der Waals surface area contributed by atoms with E-state index in [9.17, 15) is 9.59 Å². The summed E-state index contributed by atoms with van der Waals surface area (Å²) < 4.78 is 8.56. The fraction of sp³-hybridized carbons (Fsp3) is 0.0417. The van der Waals surface area contributed by atoms with Crippen molar-refractivity contribution in [3.05, 3.63) is 90.8 Å². The zero-order valence-corrected chi connectivity index (χ0v) is 18.9. The van der Waals surface area contributed by atoms with Gasteiger partial charge in [-0.1, -0.05) is 18.2 Å². The lowest BCUT2D eigenvalue weighted by molar-refractivity contribution is 0.0965. The van der Waals surface area contributed by atoms with Crippen LogP contribution >= 0.6 is 11.9 Å². The molecule has 0 radical (unpaired) electrons. The number of ether oxygens (including phenoxy) is 1. The molecule has 0 aliphatic heterocycles. The van der Waals surface area contributed by atoms with E-state index < -0.39 is 11.9 Å². The first-order valence-electron chi connectivity index (χ1n) is 10.2. The molecule has 0 bridgehead atoms. The lowest BCUT2D eigenvalue weighted by Crippen LogP contribution is -2.36. The second-order valence-electron chi connectivity index (χ2n) is 6.80. The van der Waals surface area contributed by atoms with E-state index in [0.29, 0.717) is 28.8 Å². The van der Waals surface area contributed by atoms with Gasteiger partial charge in [-0.3, -0.25) is 14.8 Å². The van der Waals surface area contributed by atoms with Gasteiger partial charge >= 0.3 is 6.03 Å². The van der Waals surface area contributed by atoms with Crippen LogP contribution in [0, 0.1) is 0 Å². The van der Waals surface area contributed by atoms with Crippen LogP contribution in [-0.2, 0) is 0 Å². The molecule has 2 aromatic heterocycles. The van der Waals surface area contributed by atoms with Crippen LogP contribution in [0.1, 0.15) is 10.4 Å². The second-order valence-corrected chi connectivity index (χ2v) is 7.68. The number of pyridine rings is 1.